The smallest absolute Gasteiger partial charge is 0.247 e. The Hall–Kier alpha value is -2.06. The summed E-state index contributed by atoms with van der Waals surface area (Å²) in [5.41, 5.74) is 2.59. The molecule has 2 aromatic carbocycles. The fraction of sp³-hybridized carbons (Fsp3) is 0.118. The molecule has 0 heterocycles. The van der Waals surface area contributed by atoms with Gasteiger partial charge in [-0.2, -0.15) is 0 Å². The molecule has 0 atom stereocenters. The van der Waals surface area contributed by atoms with Gasteiger partial charge in [0, 0.05) is 17.1 Å². The van der Waals surface area contributed by atoms with Gasteiger partial charge in [-0.15, -0.1) is 0 Å². The summed E-state index contributed by atoms with van der Waals surface area (Å²) >= 11 is 6.05. The van der Waals surface area contributed by atoms with Crippen molar-refractivity contribution in [2.45, 2.75) is 13.5 Å². The van der Waals surface area contributed by atoms with Crippen LogP contribution >= 0.6 is 11.6 Å². The fourth-order valence-corrected chi connectivity index (χ4v) is 2.02. The van der Waals surface area contributed by atoms with E-state index in [9.17, 15) is 4.79 Å². The Labute approximate surface area is 124 Å². The normalized spacial score (nSPS) is 11.2. The van der Waals surface area contributed by atoms with E-state index in [4.69, 9.17) is 11.6 Å². The van der Waals surface area contributed by atoms with Crippen LogP contribution in [0.3, 0.4) is 0 Å². The van der Waals surface area contributed by atoms with Crippen LogP contribution in [0.5, 0.6) is 0 Å². The average molecular weight is 286 g/mol. The molecule has 2 nitrogen and oxygen atoms in total. The van der Waals surface area contributed by atoms with Crippen LogP contribution < -0.4 is 5.32 Å². The van der Waals surface area contributed by atoms with Crippen molar-refractivity contribution in [1.82, 2.24) is 5.32 Å². The Morgan fingerprint density at radius 1 is 1.10 bits per heavy atom. The van der Waals surface area contributed by atoms with Crippen molar-refractivity contribution >= 4 is 23.6 Å². The number of amides is 1. The lowest BCUT2D eigenvalue weighted by Crippen LogP contribution is -2.23. The predicted molar refractivity (Wildman–Crippen MR) is 83.4 cm³/mol. The van der Waals surface area contributed by atoms with Gasteiger partial charge in [-0.3, -0.25) is 4.79 Å². The van der Waals surface area contributed by atoms with Gasteiger partial charge in [-0.05, 0) is 30.2 Å². The lowest BCUT2D eigenvalue weighted by Gasteiger charge is -2.07. The zero-order valence-corrected chi connectivity index (χ0v) is 12.0. The summed E-state index contributed by atoms with van der Waals surface area (Å²) in [6.45, 7) is 2.23. The van der Waals surface area contributed by atoms with E-state index < -0.39 is 0 Å². The molecule has 2 aromatic rings. The maximum Gasteiger partial charge on any atom is 0.247 e. The molecule has 0 aliphatic carbocycles. The summed E-state index contributed by atoms with van der Waals surface area (Å²) < 4.78 is 0. The van der Waals surface area contributed by atoms with Crippen molar-refractivity contribution in [3.8, 4) is 0 Å². The number of nitrogens with one attached hydrogen (secondary N) is 1. The van der Waals surface area contributed by atoms with Crippen LogP contribution in [0.1, 0.15) is 18.1 Å². The van der Waals surface area contributed by atoms with Gasteiger partial charge in [0.25, 0.3) is 0 Å². The molecule has 20 heavy (non-hydrogen) atoms. The van der Waals surface area contributed by atoms with Crippen molar-refractivity contribution in [2.75, 3.05) is 0 Å². The first-order valence-electron chi connectivity index (χ1n) is 6.42. The number of carbonyl (C=O) groups excluding carboxylic acids is 1. The SMILES string of the molecule is C/C(=C\c1ccccc1)C(=O)NCc1ccccc1Cl. The second-order valence-corrected chi connectivity index (χ2v) is 4.92. The van der Waals surface area contributed by atoms with Gasteiger partial charge >= 0.3 is 0 Å². The summed E-state index contributed by atoms with van der Waals surface area (Å²) in [5, 5.41) is 3.53. The van der Waals surface area contributed by atoms with Gasteiger partial charge in [0.15, 0.2) is 0 Å². The Morgan fingerprint density at radius 3 is 2.45 bits per heavy atom. The van der Waals surface area contributed by atoms with E-state index in [1.54, 1.807) is 6.92 Å². The minimum atomic E-state index is -0.0891. The van der Waals surface area contributed by atoms with E-state index in [-0.39, 0.29) is 5.91 Å². The number of halogens is 1. The molecule has 0 aromatic heterocycles. The van der Waals surface area contributed by atoms with Crippen molar-refractivity contribution in [2.24, 2.45) is 0 Å². The predicted octanol–water partition coefficient (Wildman–Crippen LogP) is 4.06. The number of carbonyl (C=O) groups is 1. The number of hydrogen-bond acceptors (Lipinski definition) is 1. The van der Waals surface area contributed by atoms with Crippen molar-refractivity contribution in [3.63, 3.8) is 0 Å². The van der Waals surface area contributed by atoms with Crippen LogP contribution in [0.2, 0.25) is 5.02 Å². The van der Waals surface area contributed by atoms with E-state index in [1.807, 2.05) is 60.7 Å². The van der Waals surface area contributed by atoms with Crippen LogP contribution in [-0.4, -0.2) is 5.91 Å². The summed E-state index contributed by atoms with van der Waals surface area (Å²) in [5.74, 6) is -0.0891. The Bertz CT molecular complexity index is 620. The maximum atomic E-state index is 12.0. The molecular weight excluding hydrogens is 270 g/mol. The lowest BCUT2D eigenvalue weighted by atomic mass is 10.1. The van der Waals surface area contributed by atoms with Crippen LogP contribution in [0.15, 0.2) is 60.2 Å². The van der Waals surface area contributed by atoms with Crippen LogP contribution in [0.4, 0.5) is 0 Å². The fourth-order valence-electron chi connectivity index (χ4n) is 1.82. The van der Waals surface area contributed by atoms with Crippen LogP contribution in [0.25, 0.3) is 6.08 Å². The van der Waals surface area contributed by atoms with E-state index in [1.165, 1.54) is 0 Å². The first-order valence-corrected chi connectivity index (χ1v) is 6.79. The van der Waals surface area contributed by atoms with Gasteiger partial charge in [0.2, 0.25) is 5.91 Å². The topological polar surface area (TPSA) is 29.1 Å². The first-order chi connectivity index (χ1) is 9.66. The first kappa shape index (κ1) is 14.4. The van der Waals surface area contributed by atoms with Crippen molar-refractivity contribution in [1.29, 1.82) is 0 Å². The van der Waals surface area contributed by atoms with Gasteiger partial charge in [0.1, 0.15) is 0 Å². The highest BCUT2D eigenvalue weighted by atomic mass is 35.5. The van der Waals surface area contributed by atoms with Gasteiger partial charge in [-0.1, -0.05) is 60.1 Å². The Kier molecular flexibility index (Phi) is 4.97. The molecule has 2 rings (SSSR count). The summed E-state index contributed by atoms with van der Waals surface area (Å²) in [7, 11) is 0. The highest BCUT2D eigenvalue weighted by Gasteiger charge is 2.05. The molecule has 102 valence electrons. The zero-order chi connectivity index (χ0) is 14.4. The zero-order valence-electron chi connectivity index (χ0n) is 11.3. The molecule has 3 heteroatoms. The second kappa shape index (κ2) is 6.92. The molecule has 1 N–H and O–H groups in total. The summed E-state index contributed by atoms with van der Waals surface area (Å²) in [6, 6.07) is 17.3. The summed E-state index contributed by atoms with van der Waals surface area (Å²) in [4.78, 5) is 12.0. The Balaban J connectivity index is 1.99. The largest absolute Gasteiger partial charge is 0.348 e. The van der Waals surface area contributed by atoms with E-state index in [2.05, 4.69) is 5.32 Å². The highest BCUT2D eigenvalue weighted by Crippen LogP contribution is 2.14. The molecule has 0 fully saturated rings. The van der Waals surface area contributed by atoms with Crippen LogP contribution in [0, 0.1) is 0 Å². The maximum absolute atomic E-state index is 12.0. The second-order valence-electron chi connectivity index (χ2n) is 4.51. The monoisotopic (exact) mass is 285 g/mol. The minimum absolute atomic E-state index is 0.0891. The van der Waals surface area contributed by atoms with Gasteiger partial charge < -0.3 is 5.32 Å². The molecule has 0 unspecified atom stereocenters. The molecule has 0 aliphatic rings. The quantitative estimate of drug-likeness (QED) is 0.843. The number of rotatable bonds is 4. The van der Waals surface area contributed by atoms with Crippen LogP contribution in [-0.2, 0) is 11.3 Å². The molecular formula is C17H16ClNO. The molecule has 1 amide bonds. The van der Waals surface area contributed by atoms with Crippen molar-refractivity contribution < 1.29 is 4.79 Å². The number of hydrogen-bond donors (Lipinski definition) is 1. The lowest BCUT2D eigenvalue weighted by molar-refractivity contribution is -0.117. The third-order valence-electron chi connectivity index (χ3n) is 2.94. The third-order valence-corrected chi connectivity index (χ3v) is 3.31. The van der Waals surface area contributed by atoms with Gasteiger partial charge in [0.05, 0.1) is 0 Å². The minimum Gasteiger partial charge on any atom is -0.348 e. The van der Waals surface area contributed by atoms with E-state index in [0.717, 1.165) is 11.1 Å². The number of benzene rings is 2. The Morgan fingerprint density at radius 2 is 1.75 bits per heavy atom. The average Bonchev–Trinajstić information content (AvgIpc) is 2.47. The highest BCUT2D eigenvalue weighted by molar-refractivity contribution is 6.31. The standard InChI is InChI=1S/C17H16ClNO/c1-13(11-14-7-3-2-4-8-14)17(20)19-12-15-9-5-6-10-16(15)18/h2-11H,12H2,1H3,(H,19,20)/b13-11+. The van der Waals surface area contributed by atoms with Crippen molar-refractivity contribution in [3.05, 3.63) is 76.3 Å². The van der Waals surface area contributed by atoms with Gasteiger partial charge in [-0.25, -0.2) is 0 Å². The molecule has 0 bridgehead atoms. The molecule has 0 radical (unpaired) electrons. The molecule has 0 saturated heterocycles. The van der Waals surface area contributed by atoms with E-state index in [0.29, 0.717) is 17.1 Å². The molecule has 0 spiro atoms. The summed E-state index contributed by atoms with van der Waals surface area (Å²) in [6.07, 6.45) is 1.86. The van der Waals surface area contributed by atoms with E-state index >= 15 is 0 Å². The molecule has 0 saturated carbocycles. The molecule has 0 aliphatic heterocycles. The third kappa shape index (κ3) is 3.97.